The molecule has 0 aliphatic carbocycles. The van der Waals surface area contributed by atoms with Gasteiger partial charge in [0.25, 0.3) is 0 Å². The summed E-state index contributed by atoms with van der Waals surface area (Å²) in [6.07, 6.45) is 0. The quantitative estimate of drug-likeness (QED) is 0.247. The summed E-state index contributed by atoms with van der Waals surface area (Å²) in [6.45, 7) is 0.426. The molecule has 2 N–H and O–H groups in total. The van der Waals surface area contributed by atoms with Gasteiger partial charge in [-0.3, -0.25) is 0 Å². The van der Waals surface area contributed by atoms with Crippen LogP contribution >= 0.6 is 0 Å². The van der Waals surface area contributed by atoms with Gasteiger partial charge in [0, 0.05) is 44.4 Å². The van der Waals surface area contributed by atoms with Crippen LogP contribution in [0.15, 0.2) is 129 Å². The Morgan fingerprint density at radius 3 is 1.68 bits per heavy atom. The van der Waals surface area contributed by atoms with Crippen molar-refractivity contribution in [1.29, 1.82) is 0 Å². The maximum absolute atomic E-state index is 6.65. The fraction of sp³-hybridized carbons (Fsp3) is 0.0270. The standard InChI is InChI=1S/C37H23NO3/c38-20-21-8-5-15-31-34(21)28-19-22(23-11-6-16-32-35(23)25-9-1-3-13-29(25)39-32)18-27(37(28)41-31)24-12-7-17-33-36(24)26-10-2-4-14-30(26)40-33/h1-19H,20,38H2. The number of hydrogen-bond acceptors (Lipinski definition) is 4. The zero-order valence-electron chi connectivity index (χ0n) is 22.0. The molecule has 41 heavy (non-hydrogen) atoms. The highest BCUT2D eigenvalue weighted by atomic mass is 16.3. The Labute approximate surface area is 234 Å². The predicted molar refractivity (Wildman–Crippen MR) is 167 cm³/mol. The molecule has 0 spiro atoms. The number of para-hydroxylation sites is 2. The van der Waals surface area contributed by atoms with Crippen LogP contribution in [-0.4, -0.2) is 0 Å². The maximum Gasteiger partial charge on any atom is 0.143 e. The van der Waals surface area contributed by atoms with E-state index >= 15 is 0 Å². The van der Waals surface area contributed by atoms with Gasteiger partial charge in [-0.05, 0) is 64.7 Å². The van der Waals surface area contributed by atoms with Crippen molar-refractivity contribution in [2.45, 2.75) is 6.54 Å². The van der Waals surface area contributed by atoms with Crippen molar-refractivity contribution in [1.82, 2.24) is 0 Å². The highest BCUT2D eigenvalue weighted by Gasteiger charge is 2.21. The lowest BCUT2D eigenvalue weighted by molar-refractivity contribution is 0.668. The van der Waals surface area contributed by atoms with E-state index in [4.69, 9.17) is 19.0 Å². The maximum atomic E-state index is 6.65. The predicted octanol–water partition coefficient (Wildman–Crippen LogP) is 10.2. The highest BCUT2D eigenvalue weighted by Crippen LogP contribution is 2.46. The number of benzene rings is 6. The first-order chi connectivity index (χ1) is 20.3. The van der Waals surface area contributed by atoms with Crippen LogP contribution in [0.25, 0.3) is 88.1 Å². The van der Waals surface area contributed by atoms with E-state index in [0.29, 0.717) is 6.54 Å². The Bertz CT molecular complexity index is 2470. The molecule has 0 amide bonds. The van der Waals surface area contributed by atoms with Crippen molar-refractivity contribution in [2.24, 2.45) is 5.73 Å². The molecular weight excluding hydrogens is 506 g/mol. The summed E-state index contributed by atoms with van der Waals surface area (Å²) in [5, 5.41) is 6.46. The second kappa shape index (κ2) is 8.34. The monoisotopic (exact) mass is 529 g/mol. The Morgan fingerprint density at radius 2 is 1.00 bits per heavy atom. The molecule has 0 atom stereocenters. The van der Waals surface area contributed by atoms with Crippen LogP contribution in [0.3, 0.4) is 0 Å². The Hall–Kier alpha value is -5.32. The fourth-order valence-corrected chi connectivity index (χ4v) is 6.54. The van der Waals surface area contributed by atoms with E-state index < -0.39 is 0 Å². The first-order valence-electron chi connectivity index (χ1n) is 13.8. The zero-order valence-corrected chi connectivity index (χ0v) is 22.0. The fourth-order valence-electron chi connectivity index (χ4n) is 6.54. The molecule has 0 fully saturated rings. The largest absolute Gasteiger partial charge is 0.456 e. The van der Waals surface area contributed by atoms with Gasteiger partial charge in [-0.25, -0.2) is 0 Å². The molecule has 0 saturated carbocycles. The van der Waals surface area contributed by atoms with Crippen LogP contribution in [-0.2, 0) is 6.54 Å². The van der Waals surface area contributed by atoms with Crippen molar-refractivity contribution in [3.8, 4) is 22.3 Å². The molecule has 3 heterocycles. The Kier molecular flexibility index (Phi) is 4.58. The summed E-state index contributed by atoms with van der Waals surface area (Å²) in [6, 6.07) is 39.6. The molecule has 9 rings (SSSR count). The molecule has 0 aliphatic rings. The van der Waals surface area contributed by atoms with E-state index in [1.54, 1.807) is 0 Å². The first kappa shape index (κ1) is 22.5. The van der Waals surface area contributed by atoms with Gasteiger partial charge < -0.3 is 19.0 Å². The van der Waals surface area contributed by atoms with E-state index in [9.17, 15) is 0 Å². The van der Waals surface area contributed by atoms with Crippen molar-refractivity contribution in [2.75, 3.05) is 0 Å². The van der Waals surface area contributed by atoms with Gasteiger partial charge in [-0.2, -0.15) is 0 Å². The number of nitrogens with two attached hydrogens (primary N) is 1. The molecule has 0 saturated heterocycles. The summed E-state index contributed by atoms with van der Waals surface area (Å²) in [7, 11) is 0. The third-order valence-electron chi connectivity index (χ3n) is 8.31. The van der Waals surface area contributed by atoms with Crippen molar-refractivity contribution in [3.05, 3.63) is 121 Å². The highest BCUT2D eigenvalue weighted by molar-refractivity contribution is 6.20. The lowest BCUT2D eigenvalue weighted by Crippen LogP contribution is -1.96. The van der Waals surface area contributed by atoms with Crippen LogP contribution in [0.2, 0.25) is 0 Å². The third-order valence-corrected chi connectivity index (χ3v) is 8.31. The van der Waals surface area contributed by atoms with Crippen LogP contribution in [0.4, 0.5) is 0 Å². The van der Waals surface area contributed by atoms with E-state index in [0.717, 1.165) is 93.6 Å². The number of furan rings is 3. The molecule has 9 aromatic rings. The van der Waals surface area contributed by atoms with Gasteiger partial charge in [-0.15, -0.1) is 0 Å². The van der Waals surface area contributed by atoms with Crippen LogP contribution in [0.5, 0.6) is 0 Å². The van der Waals surface area contributed by atoms with Gasteiger partial charge in [0.1, 0.15) is 33.5 Å². The summed E-state index contributed by atoms with van der Waals surface area (Å²) >= 11 is 0. The molecule has 0 radical (unpaired) electrons. The summed E-state index contributed by atoms with van der Waals surface area (Å²) < 4.78 is 19.2. The molecule has 0 unspecified atom stereocenters. The minimum Gasteiger partial charge on any atom is -0.456 e. The average Bonchev–Trinajstić information content (AvgIpc) is 3.71. The average molecular weight is 530 g/mol. The molecule has 0 bridgehead atoms. The second-order valence-electron chi connectivity index (χ2n) is 10.6. The Balaban J connectivity index is 1.46. The van der Waals surface area contributed by atoms with Gasteiger partial charge >= 0.3 is 0 Å². The molecule has 0 aliphatic heterocycles. The molecule has 3 aromatic heterocycles. The van der Waals surface area contributed by atoms with Gasteiger partial charge in [0.15, 0.2) is 0 Å². The van der Waals surface area contributed by atoms with Crippen molar-refractivity contribution in [3.63, 3.8) is 0 Å². The van der Waals surface area contributed by atoms with Crippen molar-refractivity contribution >= 4 is 65.8 Å². The third kappa shape index (κ3) is 3.14. The topological polar surface area (TPSA) is 65.4 Å². The van der Waals surface area contributed by atoms with E-state index in [1.807, 2.05) is 48.5 Å². The van der Waals surface area contributed by atoms with E-state index in [1.165, 1.54) is 0 Å². The summed E-state index contributed by atoms with van der Waals surface area (Å²) in [5.74, 6) is 0. The minimum atomic E-state index is 0.426. The van der Waals surface area contributed by atoms with Crippen LogP contribution in [0.1, 0.15) is 5.56 Å². The summed E-state index contributed by atoms with van der Waals surface area (Å²) in [4.78, 5) is 0. The molecule has 4 heteroatoms. The van der Waals surface area contributed by atoms with E-state index in [-0.39, 0.29) is 0 Å². The van der Waals surface area contributed by atoms with Gasteiger partial charge in [0.05, 0.1) is 0 Å². The molecule has 194 valence electrons. The molecule has 4 nitrogen and oxygen atoms in total. The van der Waals surface area contributed by atoms with E-state index in [2.05, 4.69) is 66.7 Å². The van der Waals surface area contributed by atoms with Crippen LogP contribution in [0, 0.1) is 0 Å². The minimum absolute atomic E-state index is 0.426. The smallest absolute Gasteiger partial charge is 0.143 e. The molecular formula is C37H23NO3. The molecule has 6 aromatic carbocycles. The number of hydrogen-bond donors (Lipinski definition) is 1. The second-order valence-corrected chi connectivity index (χ2v) is 10.6. The van der Waals surface area contributed by atoms with Gasteiger partial charge in [0.2, 0.25) is 0 Å². The SMILES string of the molecule is NCc1cccc2oc3c(-c4cccc5oc6ccccc6c45)cc(-c4cccc5oc6ccccc6c45)cc3c12. The van der Waals surface area contributed by atoms with Crippen LogP contribution < -0.4 is 5.73 Å². The van der Waals surface area contributed by atoms with Crippen molar-refractivity contribution < 1.29 is 13.3 Å². The zero-order chi connectivity index (χ0) is 27.1. The number of fused-ring (bicyclic) bond motifs is 9. The summed E-state index contributed by atoms with van der Waals surface area (Å²) in [5.41, 5.74) is 16.7. The van der Waals surface area contributed by atoms with Gasteiger partial charge in [-0.1, -0.05) is 72.8 Å². The lowest BCUT2D eigenvalue weighted by atomic mass is 9.91. The Morgan fingerprint density at radius 1 is 0.439 bits per heavy atom. The first-order valence-corrected chi connectivity index (χ1v) is 13.8. The normalized spacial score (nSPS) is 12.1. The number of rotatable bonds is 3. The lowest BCUT2D eigenvalue weighted by Gasteiger charge is -2.11.